The van der Waals surface area contributed by atoms with E-state index in [4.69, 9.17) is 17.3 Å². The number of nitrogens with zero attached hydrogens (tertiary/aromatic N) is 5. The summed E-state index contributed by atoms with van der Waals surface area (Å²) in [6.07, 6.45) is 4.92. The molecule has 2 N–H and O–H groups in total. The molecule has 0 saturated carbocycles. The first-order valence-corrected chi connectivity index (χ1v) is 13.2. The van der Waals surface area contributed by atoms with E-state index in [0.29, 0.717) is 17.8 Å². The summed E-state index contributed by atoms with van der Waals surface area (Å²) in [4.78, 5) is 25.2. The molecule has 0 radical (unpaired) electrons. The van der Waals surface area contributed by atoms with Crippen LogP contribution in [0.3, 0.4) is 0 Å². The number of anilines is 1. The Morgan fingerprint density at radius 3 is 2.62 bits per heavy atom. The Bertz CT molecular complexity index is 1420. The molecule has 4 heterocycles. The van der Waals surface area contributed by atoms with Gasteiger partial charge in [0, 0.05) is 54.8 Å². The minimum atomic E-state index is 0.0309. The van der Waals surface area contributed by atoms with Gasteiger partial charge in [0.1, 0.15) is 23.5 Å². The lowest BCUT2D eigenvalue weighted by Gasteiger charge is -2.45. The molecule has 8 heteroatoms. The van der Waals surface area contributed by atoms with Crippen molar-refractivity contribution in [1.29, 1.82) is 0 Å². The Hall–Kier alpha value is -3.34. The van der Waals surface area contributed by atoms with Crippen molar-refractivity contribution in [3.8, 4) is 23.0 Å². The SMILES string of the molecule is C=CC(=O)N1CCC(N2CC(C#Cc3c(-c4ccc(Cl)c(C)c4)c4c(N)ncnc4n3C(C)C)C2)CC1. The Labute approximate surface area is 223 Å². The van der Waals surface area contributed by atoms with Crippen molar-refractivity contribution in [2.45, 2.75) is 45.7 Å². The number of nitrogens with two attached hydrogens (primary N) is 1. The Morgan fingerprint density at radius 2 is 1.97 bits per heavy atom. The lowest BCUT2D eigenvalue weighted by atomic mass is 9.93. The maximum absolute atomic E-state index is 11.9. The van der Waals surface area contributed by atoms with E-state index in [1.807, 2.05) is 24.0 Å². The molecular weight excluding hydrogens is 484 g/mol. The summed E-state index contributed by atoms with van der Waals surface area (Å²) < 4.78 is 2.17. The first-order chi connectivity index (χ1) is 17.8. The van der Waals surface area contributed by atoms with Crippen LogP contribution in [-0.4, -0.2) is 62.5 Å². The van der Waals surface area contributed by atoms with E-state index in [1.165, 1.54) is 12.4 Å². The van der Waals surface area contributed by atoms with Crippen molar-refractivity contribution < 1.29 is 4.79 Å². The van der Waals surface area contributed by atoms with Gasteiger partial charge < -0.3 is 15.2 Å². The van der Waals surface area contributed by atoms with Crippen LogP contribution >= 0.6 is 11.6 Å². The third-order valence-corrected chi connectivity index (χ3v) is 7.97. The predicted molar refractivity (Wildman–Crippen MR) is 149 cm³/mol. The number of hydrogen-bond donors (Lipinski definition) is 1. The number of hydrogen-bond acceptors (Lipinski definition) is 5. The Balaban J connectivity index is 1.44. The second-order valence-corrected chi connectivity index (χ2v) is 10.7. The van der Waals surface area contributed by atoms with Crippen LogP contribution < -0.4 is 5.73 Å². The number of likely N-dealkylation sites (tertiary alicyclic amines) is 2. The molecular formula is C29H33ClN6O. The van der Waals surface area contributed by atoms with Gasteiger partial charge in [0.2, 0.25) is 5.91 Å². The van der Waals surface area contributed by atoms with Gasteiger partial charge in [0.05, 0.1) is 5.39 Å². The summed E-state index contributed by atoms with van der Waals surface area (Å²) in [5, 5.41) is 1.56. The number of aromatic nitrogens is 3. The van der Waals surface area contributed by atoms with Crippen LogP contribution in [0.4, 0.5) is 5.82 Å². The molecule has 0 aliphatic carbocycles. The minimum Gasteiger partial charge on any atom is -0.383 e. The minimum absolute atomic E-state index is 0.0309. The van der Waals surface area contributed by atoms with Crippen molar-refractivity contribution in [1.82, 2.24) is 24.3 Å². The van der Waals surface area contributed by atoms with Crippen LogP contribution in [0.1, 0.15) is 44.0 Å². The zero-order chi connectivity index (χ0) is 26.3. The van der Waals surface area contributed by atoms with Crippen LogP contribution in [0.2, 0.25) is 5.02 Å². The topological polar surface area (TPSA) is 80.3 Å². The fourth-order valence-corrected chi connectivity index (χ4v) is 5.63. The molecule has 5 rings (SSSR count). The summed E-state index contributed by atoms with van der Waals surface area (Å²) >= 11 is 6.34. The molecule has 7 nitrogen and oxygen atoms in total. The molecule has 3 aromatic rings. The molecule has 0 spiro atoms. The third kappa shape index (κ3) is 4.72. The van der Waals surface area contributed by atoms with Gasteiger partial charge in [-0.1, -0.05) is 30.2 Å². The highest BCUT2D eigenvalue weighted by atomic mass is 35.5. The standard InChI is InChI=1S/C29H33ClN6O/c1-5-25(37)34-12-10-22(11-13-34)35-15-20(16-35)6-9-24-26(21-7-8-23(30)19(4)14-21)27-28(31)32-17-33-29(27)36(24)18(2)3/h5,7-8,14,17-18,20,22H,1,10-13,15-16H2,2-4H3,(H2,31,32,33). The van der Waals surface area contributed by atoms with Gasteiger partial charge in [0.15, 0.2) is 0 Å². The fraction of sp³-hybridized carbons (Fsp3) is 0.414. The summed E-state index contributed by atoms with van der Waals surface area (Å²) in [6.45, 7) is 13.4. The largest absolute Gasteiger partial charge is 0.383 e. The van der Waals surface area contributed by atoms with E-state index in [9.17, 15) is 4.79 Å². The van der Waals surface area contributed by atoms with Gasteiger partial charge in [-0.15, -0.1) is 0 Å². The van der Waals surface area contributed by atoms with Crippen LogP contribution in [0.25, 0.3) is 22.2 Å². The second kappa shape index (κ2) is 10.2. The number of carbonyl (C=O) groups is 1. The maximum Gasteiger partial charge on any atom is 0.245 e. The molecule has 1 amide bonds. The van der Waals surface area contributed by atoms with E-state index < -0.39 is 0 Å². The van der Waals surface area contributed by atoms with E-state index >= 15 is 0 Å². The smallest absolute Gasteiger partial charge is 0.245 e. The van der Waals surface area contributed by atoms with Gasteiger partial charge in [0.25, 0.3) is 0 Å². The molecule has 192 valence electrons. The summed E-state index contributed by atoms with van der Waals surface area (Å²) in [5.41, 5.74) is 11.1. The second-order valence-electron chi connectivity index (χ2n) is 10.3. The van der Waals surface area contributed by atoms with Crippen molar-refractivity contribution in [2.24, 2.45) is 5.92 Å². The molecule has 2 aliphatic rings. The number of nitrogen functional groups attached to an aromatic ring is 1. The molecule has 1 aromatic carbocycles. The quantitative estimate of drug-likeness (QED) is 0.402. The zero-order valence-electron chi connectivity index (χ0n) is 21.7. The molecule has 37 heavy (non-hydrogen) atoms. The van der Waals surface area contributed by atoms with Gasteiger partial charge >= 0.3 is 0 Å². The van der Waals surface area contributed by atoms with Gasteiger partial charge in [-0.3, -0.25) is 9.69 Å². The van der Waals surface area contributed by atoms with E-state index in [0.717, 1.165) is 77.5 Å². The van der Waals surface area contributed by atoms with Crippen LogP contribution in [0, 0.1) is 24.7 Å². The van der Waals surface area contributed by atoms with Crippen LogP contribution in [-0.2, 0) is 4.79 Å². The highest BCUT2D eigenvalue weighted by Crippen LogP contribution is 2.39. The van der Waals surface area contributed by atoms with Crippen LogP contribution in [0.15, 0.2) is 37.2 Å². The van der Waals surface area contributed by atoms with Crippen LogP contribution in [0.5, 0.6) is 0 Å². The molecule has 2 saturated heterocycles. The number of piperidine rings is 1. The van der Waals surface area contributed by atoms with Gasteiger partial charge in [-0.05, 0) is 68.9 Å². The van der Waals surface area contributed by atoms with E-state index in [1.54, 1.807) is 0 Å². The van der Waals surface area contributed by atoms with Crippen molar-refractivity contribution in [3.63, 3.8) is 0 Å². The first-order valence-electron chi connectivity index (χ1n) is 12.9. The highest BCUT2D eigenvalue weighted by molar-refractivity contribution is 6.31. The number of halogens is 1. The van der Waals surface area contributed by atoms with Crippen molar-refractivity contribution in [3.05, 3.63) is 53.5 Å². The Kier molecular flexibility index (Phi) is 6.98. The lowest BCUT2D eigenvalue weighted by molar-refractivity contribution is -0.127. The molecule has 0 bridgehead atoms. The number of rotatable bonds is 4. The van der Waals surface area contributed by atoms with E-state index in [-0.39, 0.29) is 11.9 Å². The summed E-state index contributed by atoms with van der Waals surface area (Å²) in [5.74, 6) is 7.86. The average Bonchev–Trinajstić information content (AvgIpc) is 3.20. The lowest BCUT2D eigenvalue weighted by Crippen LogP contribution is -2.55. The maximum atomic E-state index is 11.9. The predicted octanol–water partition coefficient (Wildman–Crippen LogP) is 4.68. The summed E-state index contributed by atoms with van der Waals surface area (Å²) in [6, 6.07) is 6.66. The Morgan fingerprint density at radius 1 is 1.24 bits per heavy atom. The molecule has 2 fully saturated rings. The van der Waals surface area contributed by atoms with Gasteiger partial charge in [-0.2, -0.15) is 0 Å². The zero-order valence-corrected chi connectivity index (χ0v) is 22.4. The normalized spacial score (nSPS) is 17.1. The molecule has 2 aromatic heterocycles. The number of aryl methyl sites for hydroxylation is 1. The number of carbonyl (C=O) groups excluding carboxylic acids is 1. The average molecular weight is 517 g/mol. The number of amides is 1. The van der Waals surface area contributed by atoms with Crippen molar-refractivity contribution in [2.75, 3.05) is 31.9 Å². The third-order valence-electron chi connectivity index (χ3n) is 7.55. The number of benzene rings is 1. The summed E-state index contributed by atoms with van der Waals surface area (Å²) in [7, 11) is 0. The fourth-order valence-electron chi connectivity index (χ4n) is 5.52. The first kappa shape index (κ1) is 25.3. The highest BCUT2D eigenvalue weighted by Gasteiger charge is 2.34. The monoisotopic (exact) mass is 516 g/mol. The molecule has 2 aliphatic heterocycles. The number of fused-ring (bicyclic) bond motifs is 1. The van der Waals surface area contributed by atoms with Gasteiger partial charge in [-0.25, -0.2) is 9.97 Å². The molecule has 0 unspecified atom stereocenters. The molecule has 0 atom stereocenters. The van der Waals surface area contributed by atoms with Crippen molar-refractivity contribution >= 4 is 34.4 Å². The van der Waals surface area contributed by atoms with E-state index in [2.05, 4.69) is 57.8 Å².